The van der Waals surface area contributed by atoms with Crippen molar-refractivity contribution in [2.45, 2.75) is 77.4 Å². The predicted molar refractivity (Wildman–Crippen MR) is 71.0 cm³/mol. The van der Waals surface area contributed by atoms with E-state index >= 15 is 0 Å². The van der Waals surface area contributed by atoms with Gasteiger partial charge in [0.15, 0.2) is 0 Å². The summed E-state index contributed by atoms with van der Waals surface area (Å²) in [7, 11) is 0. The van der Waals surface area contributed by atoms with Gasteiger partial charge in [-0.3, -0.25) is 0 Å². The topological polar surface area (TPSA) is 38.7 Å². The first-order chi connectivity index (χ1) is 8.42. The number of hydrogen-bond donors (Lipinski definition) is 1. The normalized spacial score (nSPS) is 37.3. The second-order valence-corrected chi connectivity index (χ2v) is 7.41. The van der Waals surface area contributed by atoms with Crippen molar-refractivity contribution in [3.05, 3.63) is 0 Å². The van der Waals surface area contributed by atoms with E-state index in [2.05, 4.69) is 20.8 Å². The quantitative estimate of drug-likeness (QED) is 0.786. The van der Waals surface area contributed by atoms with Crippen molar-refractivity contribution in [3.8, 4) is 0 Å². The van der Waals surface area contributed by atoms with Gasteiger partial charge in [0.2, 0.25) is 0 Å². The summed E-state index contributed by atoms with van der Waals surface area (Å²) in [6.07, 6.45) is 7.84. The molecule has 1 unspecified atom stereocenters. The van der Waals surface area contributed by atoms with Crippen LogP contribution in [0.2, 0.25) is 0 Å². The average Bonchev–Trinajstić information content (AvgIpc) is 2.65. The number of hydrogen-bond acceptors (Lipinski definition) is 3. The summed E-state index contributed by atoms with van der Waals surface area (Å²) in [5.41, 5.74) is 0.399. The molecular formula is C15H28O3. The fourth-order valence-electron chi connectivity index (χ4n) is 3.51. The zero-order valence-electron chi connectivity index (χ0n) is 12.1. The standard InChI is InChI=1S/C15H28O3/c1-14(2,3)10-12-4-7-15(8-5-12)11-13(6-9-16)17-18-15/h12-13,16H,4-11H2,1-3H3. The molecule has 1 N–H and O–H groups in total. The third-order valence-electron chi connectivity index (χ3n) is 4.33. The minimum atomic E-state index is -0.0335. The van der Waals surface area contributed by atoms with E-state index in [1.807, 2.05) is 0 Å². The summed E-state index contributed by atoms with van der Waals surface area (Å²) >= 11 is 0. The molecule has 0 aromatic rings. The van der Waals surface area contributed by atoms with Crippen molar-refractivity contribution in [3.63, 3.8) is 0 Å². The maximum atomic E-state index is 8.95. The summed E-state index contributed by atoms with van der Waals surface area (Å²) in [4.78, 5) is 11.0. The molecule has 0 radical (unpaired) electrons. The van der Waals surface area contributed by atoms with Crippen LogP contribution in [0.4, 0.5) is 0 Å². The van der Waals surface area contributed by atoms with Crippen molar-refractivity contribution in [1.29, 1.82) is 0 Å². The SMILES string of the molecule is CC(C)(C)CC1CCC2(CC1)CC(CCO)OO2. The Kier molecular flexibility index (Phi) is 4.35. The fourth-order valence-corrected chi connectivity index (χ4v) is 3.51. The molecule has 3 nitrogen and oxygen atoms in total. The van der Waals surface area contributed by atoms with Gasteiger partial charge >= 0.3 is 0 Å². The van der Waals surface area contributed by atoms with Crippen LogP contribution in [0, 0.1) is 11.3 Å². The molecule has 1 aliphatic carbocycles. The molecule has 1 saturated carbocycles. The van der Waals surface area contributed by atoms with Crippen LogP contribution in [-0.2, 0) is 9.78 Å². The number of aliphatic hydroxyl groups is 1. The molecule has 2 rings (SSSR count). The Hall–Kier alpha value is -0.120. The Morgan fingerprint density at radius 1 is 1.22 bits per heavy atom. The highest BCUT2D eigenvalue weighted by atomic mass is 17.2. The van der Waals surface area contributed by atoms with E-state index in [0.717, 1.165) is 25.2 Å². The number of rotatable bonds is 3. The first-order valence-corrected chi connectivity index (χ1v) is 7.38. The molecule has 0 aromatic heterocycles. The van der Waals surface area contributed by atoms with Crippen LogP contribution in [0.15, 0.2) is 0 Å². The minimum Gasteiger partial charge on any atom is -0.396 e. The first-order valence-electron chi connectivity index (χ1n) is 7.38. The molecule has 2 fully saturated rings. The molecule has 3 heteroatoms. The lowest BCUT2D eigenvalue weighted by Gasteiger charge is -2.36. The van der Waals surface area contributed by atoms with Crippen molar-refractivity contribution in [1.82, 2.24) is 0 Å². The molecule has 1 spiro atoms. The lowest BCUT2D eigenvalue weighted by atomic mass is 9.71. The molecule has 106 valence electrons. The van der Waals surface area contributed by atoms with Gasteiger partial charge < -0.3 is 5.11 Å². The predicted octanol–water partition coefficient (Wildman–Crippen LogP) is 3.45. The molecule has 0 amide bonds. The van der Waals surface area contributed by atoms with Gasteiger partial charge in [-0.25, -0.2) is 9.78 Å². The summed E-state index contributed by atoms with van der Waals surface area (Å²) < 4.78 is 0. The smallest absolute Gasteiger partial charge is 0.106 e. The first kappa shape index (κ1) is 14.3. The zero-order valence-corrected chi connectivity index (χ0v) is 12.1. The van der Waals surface area contributed by atoms with E-state index in [0.29, 0.717) is 11.8 Å². The monoisotopic (exact) mass is 256 g/mol. The van der Waals surface area contributed by atoms with Gasteiger partial charge in [0.25, 0.3) is 0 Å². The van der Waals surface area contributed by atoms with Crippen LogP contribution < -0.4 is 0 Å². The zero-order chi connectivity index (χ0) is 13.2. The van der Waals surface area contributed by atoms with Crippen LogP contribution in [0.3, 0.4) is 0 Å². The largest absolute Gasteiger partial charge is 0.396 e. The average molecular weight is 256 g/mol. The molecule has 1 saturated heterocycles. The lowest BCUT2D eigenvalue weighted by Crippen LogP contribution is -2.34. The van der Waals surface area contributed by atoms with Crippen LogP contribution in [0.25, 0.3) is 0 Å². The van der Waals surface area contributed by atoms with E-state index < -0.39 is 0 Å². The van der Waals surface area contributed by atoms with Gasteiger partial charge in [-0.15, -0.1) is 0 Å². The fraction of sp³-hybridized carbons (Fsp3) is 1.00. The summed E-state index contributed by atoms with van der Waals surface area (Å²) in [6.45, 7) is 7.16. The Balaban J connectivity index is 1.80. The molecule has 0 bridgehead atoms. The van der Waals surface area contributed by atoms with Crippen molar-refractivity contribution < 1.29 is 14.9 Å². The van der Waals surface area contributed by atoms with E-state index in [4.69, 9.17) is 14.9 Å². The van der Waals surface area contributed by atoms with E-state index in [-0.39, 0.29) is 18.3 Å². The summed E-state index contributed by atoms with van der Waals surface area (Å²) in [5, 5.41) is 8.95. The van der Waals surface area contributed by atoms with Gasteiger partial charge in [-0.2, -0.15) is 0 Å². The Morgan fingerprint density at radius 2 is 1.89 bits per heavy atom. The molecule has 18 heavy (non-hydrogen) atoms. The highest BCUT2D eigenvalue weighted by Crippen LogP contribution is 2.45. The van der Waals surface area contributed by atoms with Crippen LogP contribution in [0.5, 0.6) is 0 Å². The van der Waals surface area contributed by atoms with Crippen LogP contribution in [0.1, 0.15) is 65.7 Å². The molecule has 1 aliphatic heterocycles. The molecule has 0 aromatic carbocycles. The summed E-state index contributed by atoms with van der Waals surface area (Å²) in [5.74, 6) is 0.844. The van der Waals surface area contributed by atoms with Crippen LogP contribution in [-0.4, -0.2) is 23.4 Å². The van der Waals surface area contributed by atoms with Crippen LogP contribution >= 0.6 is 0 Å². The highest BCUT2D eigenvalue weighted by Gasteiger charge is 2.44. The van der Waals surface area contributed by atoms with Gasteiger partial charge in [0.05, 0.1) is 6.10 Å². The molecule has 1 atom stereocenters. The van der Waals surface area contributed by atoms with Gasteiger partial charge in [0, 0.05) is 13.0 Å². The molecule has 1 heterocycles. The number of aliphatic hydroxyl groups excluding tert-OH is 1. The maximum Gasteiger partial charge on any atom is 0.106 e. The molecule has 2 aliphatic rings. The Labute approximate surface area is 111 Å². The third kappa shape index (κ3) is 3.69. The van der Waals surface area contributed by atoms with E-state index in [9.17, 15) is 0 Å². The van der Waals surface area contributed by atoms with Gasteiger partial charge in [0.1, 0.15) is 5.60 Å². The Bertz CT molecular complexity index is 261. The van der Waals surface area contributed by atoms with Gasteiger partial charge in [-0.1, -0.05) is 20.8 Å². The highest BCUT2D eigenvalue weighted by molar-refractivity contribution is 4.91. The maximum absolute atomic E-state index is 8.95. The van der Waals surface area contributed by atoms with Crippen molar-refractivity contribution in [2.24, 2.45) is 11.3 Å². The second kappa shape index (κ2) is 5.48. The van der Waals surface area contributed by atoms with Crippen molar-refractivity contribution in [2.75, 3.05) is 6.61 Å². The molecular weight excluding hydrogens is 228 g/mol. The van der Waals surface area contributed by atoms with Crippen molar-refractivity contribution >= 4 is 0 Å². The van der Waals surface area contributed by atoms with E-state index in [1.165, 1.54) is 19.3 Å². The lowest BCUT2D eigenvalue weighted by molar-refractivity contribution is -0.333. The van der Waals surface area contributed by atoms with Gasteiger partial charge in [-0.05, 0) is 49.9 Å². The Morgan fingerprint density at radius 3 is 2.44 bits per heavy atom. The van der Waals surface area contributed by atoms with E-state index in [1.54, 1.807) is 0 Å². The minimum absolute atomic E-state index is 0.0335. The third-order valence-corrected chi connectivity index (χ3v) is 4.33. The second-order valence-electron chi connectivity index (χ2n) is 7.41. The summed E-state index contributed by atoms with van der Waals surface area (Å²) in [6, 6.07) is 0.